The molecule has 0 unspecified atom stereocenters. The first-order chi connectivity index (χ1) is 9.28. The van der Waals surface area contributed by atoms with E-state index in [1.165, 1.54) is 18.2 Å². The Kier molecular flexibility index (Phi) is 4.14. The Labute approximate surface area is 121 Å². The van der Waals surface area contributed by atoms with Gasteiger partial charge in [-0.3, -0.25) is 15.1 Å². The predicted molar refractivity (Wildman–Crippen MR) is 70.7 cm³/mol. The number of rotatable bonds is 3. The number of carbonyl (C=O) groups is 1. The van der Waals surface area contributed by atoms with Gasteiger partial charge in [0.15, 0.2) is 11.8 Å². The van der Waals surface area contributed by atoms with E-state index in [9.17, 15) is 18.0 Å². The molecule has 2 rings (SSSR count). The van der Waals surface area contributed by atoms with Crippen LogP contribution in [0.1, 0.15) is 0 Å². The van der Waals surface area contributed by atoms with Crippen molar-refractivity contribution in [2.75, 3.05) is 17.3 Å². The molecule has 0 aromatic heterocycles. The number of amides is 1. The van der Waals surface area contributed by atoms with Crippen molar-refractivity contribution in [3.05, 3.63) is 23.2 Å². The summed E-state index contributed by atoms with van der Waals surface area (Å²) in [6, 6.07) is 3.90. The Bertz CT molecular complexity index is 549. The van der Waals surface area contributed by atoms with E-state index < -0.39 is 18.7 Å². The standard InChI is InChI=1S/C11H8ClF3N2O2S/c12-6-1-2-8(19-5-11(13,14)15)7(3-6)17-9(18)4-20-10(17)16/h1-3,16H,4-5H2. The van der Waals surface area contributed by atoms with E-state index in [4.69, 9.17) is 17.0 Å². The molecular weight excluding hydrogens is 317 g/mol. The van der Waals surface area contributed by atoms with Crippen molar-refractivity contribution in [1.29, 1.82) is 5.41 Å². The van der Waals surface area contributed by atoms with Gasteiger partial charge in [-0.05, 0) is 18.2 Å². The molecule has 1 aliphatic heterocycles. The Morgan fingerprint density at radius 3 is 2.70 bits per heavy atom. The minimum absolute atomic E-state index is 0.0433. The topological polar surface area (TPSA) is 53.4 Å². The van der Waals surface area contributed by atoms with Crippen LogP contribution in [0.3, 0.4) is 0 Å². The monoisotopic (exact) mass is 324 g/mol. The third-order valence-corrected chi connectivity index (χ3v) is 3.42. The van der Waals surface area contributed by atoms with Crippen LogP contribution >= 0.6 is 23.4 Å². The number of halogens is 4. The molecule has 0 saturated carbocycles. The number of nitrogens with one attached hydrogen (secondary N) is 1. The zero-order valence-electron chi connectivity index (χ0n) is 9.83. The number of ether oxygens (including phenoxy) is 1. The van der Waals surface area contributed by atoms with Crippen molar-refractivity contribution in [1.82, 2.24) is 0 Å². The van der Waals surface area contributed by atoms with E-state index in [2.05, 4.69) is 4.74 Å². The molecule has 1 aromatic rings. The first-order valence-electron chi connectivity index (χ1n) is 5.31. The Balaban J connectivity index is 2.33. The van der Waals surface area contributed by atoms with Crippen molar-refractivity contribution in [3.8, 4) is 5.75 Å². The Morgan fingerprint density at radius 1 is 1.45 bits per heavy atom. The first-order valence-corrected chi connectivity index (χ1v) is 6.68. The molecular formula is C11H8ClF3N2O2S. The molecule has 1 amide bonds. The summed E-state index contributed by atoms with van der Waals surface area (Å²) >= 11 is 6.77. The molecule has 0 bridgehead atoms. The number of alkyl halides is 3. The number of hydrogen-bond donors (Lipinski definition) is 1. The van der Waals surface area contributed by atoms with Gasteiger partial charge in [-0.25, -0.2) is 0 Å². The van der Waals surface area contributed by atoms with Gasteiger partial charge >= 0.3 is 6.18 Å². The van der Waals surface area contributed by atoms with Gasteiger partial charge in [0.05, 0.1) is 11.4 Å². The third-order valence-electron chi connectivity index (χ3n) is 2.34. The number of benzene rings is 1. The van der Waals surface area contributed by atoms with E-state index in [0.29, 0.717) is 0 Å². The lowest BCUT2D eigenvalue weighted by atomic mass is 10.2. The second-order valence-electron chi connectivity index (χ2n) is 3.84. The summed E-state index contributed by atoms with van der Waals surface area (Å²) in [6.07, 6.45) is -4.49. The molecule has 1 saturated heterocycles. The van der Waals surface area contributed by atoms with Crippen molar-refractivity contribution in [2.24, 2.45) is 0 Å². The number of amidine groups is 1. The highest BCUT2D eigenvalue weighted by atomic mass is 35.5. The lowest BCUT2D eigenvalue weighted by Crippen LogP contribution is -2.29. The number of carbonyl (C=O) groups excluding carboxylic acids is 1. The molecule has 1 N–H and O–H groups in total. The van der Waals surface area contributed by atoms with Crippen LogP contribution in [0.15, 0.2) is 18.2 Å². The second kappa shape index (κ2) is 5.53. The molecule has 0 spiro atoms. The van der Waals surface area contributed by atoms with Gasteiger partial charge in [0.25, 0.3) is 0 Å². The zero-order valence-corrected chi connectivity index (χ0v) is 11.4. The maximum atomic E-state index is 12.2. The van der Waals surface area contributed by atoms with Crippen LogP contribution in [-0.4, -0.2) is 29.6 Å². The van der Waals surface area contributed by atoms with Crippen LogP contribution in [0.4, 0.5) is 18.9 Å². The molecule has 108 valence electrons. The normalized spacial score (nSPS) is 15.9. The molecule has 1 fully saturated rings. The van der Waals surface area contributed by atoms with Crippen molar-refractivity contribution in [2.45, 2.75) is 6.18 Å². The van der Waals surface area contributed by atoms with Gasteiger partial charge in [0.1, 0.15) is 5.75 Å². The maximum Gasteiger partial charge on any atom is 0.422 e. The quantitative estimate of drug-likeness (QED) is 0.928. The molecule has 0 atom stereocenters. The molecule has 20 heavy (non-hydrogen) atoms. The Morgan fingerprint density at radius 2 is 2.15 bits per heavy atom. The van der Waals surface area contributed by atoms with Gasteiger partial charge in [-0.1, -0.05) is 23.4 Å². The van der Waals surface area contributed by atoms with Gasteiger partial charge in [-0.2, -0.15) is 13.2 Å². The van der Waals surface area contributed by atoms with E-state index in [0.717, 1.165) is 16.7 Å². The summed E-state index contributed by atoms with van der Waals surface area (Å²) in [7, 11) is 0. The molecule has 1 heterocycles. The Hall–Kier alpha value is -1.41. The lowest BCUT2D eigenvalue weighted by molar-refractivity contribution is -0.153. The summed E-state index contributed by atoms with van der Waals surface area (Å²) in [5.41, 5.74) is 0.0433. The number of nitrogens with zero attached hydrogens (tertiary/aromatic N) is 1. The van der Waals surface area contributed by atoms with Gasteiger partial charge < -0.3 is 4.74 Å². The summed E-state index contributed by atoms with van der Waals surface area (Å²) < 4.78 is 41.3. The highest BCUT2D eigenvalue weighted by molar-refractivity contribution is 8.15. The summed E-state index contributed by atoms with van der Waals surface area (Å²) in [4.78, 5) is 12.7. The predicted octanol–water partition coefficient (Wildman–Crippen LogP) is 3.30. The van der Waals surface area contributed by atoms with E-state index >= 15 is 0 Å². The van der Waals surface area contributed by atoms with Gasteiger partial charge in [0, 0.05) is 5.02 Å². The van der Waals surface area contributed by atoms with E-state index in [1.54, 1.807) is 0 Å². The van der Waals surface area contributed by atoms with Crippen molar-refractivity contribution < 1.29 is 22.7 Å². The van der Waals surface area contributed by atoms with Crippen LogP contribution in [0.25, 0.3) is 0 Å². The number of thioether (sulfide) groups is 1. The maximum absolute atomic E-state index is 12.2. The fourth-order valence-electron chi connectivity index (χ4n) is 1.56. The smallest absolute Gasteiger partial charge is 0.422 e. The van der Waals surface area contributed by atoms with Crippen LogP contribution in [0.5, 0.6) is 5.75 Å². The average molecular weight is 325 g/mol. The molecule has 0 radical (unpaired) electrons. The minimum atomic E-state index is -4.49. The number of anilines is 1. The molecule has 0 aliphatic carbocycles. The van der Waals surface area contributed by atoms with Gasteiger partial charge in [-0.15, -0.1) is 0 Å². The summed E-state index contributed by atoms with van der Waals surface area (Å²) in [5, 5.41) is 7.80. The van der Waals surface area contributed by atoms with Crippen LogP contribution in [0, 0.1) is 5.41 Å². The fourth-order valence-corrected chi connectivity index (χ4v) is 2.45. The first kappa shape index (κ1) is 15.0. The average Bonchev–Trinajstić information content (AvgIpc) is 2.66. The third kappa shape index (κ3) is 3.37. The SMILES string of the molecule is N=C1SCC(=O)N1c1cc(Cl)ccc1OCC(F)(F)F. The minimum Gasteiger partial charge on any atom is -0.482 e. The zero-order chi connectivity index (χ0) is 14.9. The van der Waals surface area contributed by atoms with Gasteiger partial charge in [0.2, 0.25) is 5.91 Å². The van der Waals surface area contributed by atoms with Crippen LogP contribution < -0.4 is 9.64 Å². The highest BCUT2D eigenvalue weighted by Crippen LogP contribution is 2.36. The van der Waals surface area contributed by atoms with Crippen molar-refractivity contribution in [3.63, 3.8) is 0 Å². The fraction of sp³-hybridized carbons (Fsp3) is 0.273. The summed E-state index contributed by atoms with van der Waals surface area (Å²) in [6.45, 7) is -1.48. The largest absolute Gasteiger partial charge is 0.482 e. The molecule has 4 nitrogen and oxygen atoms in total. The molecule has 1 aromatic carbocycles. The van der Waals surface area contributed by atoms with Crippen molar-refractivity contribution >= 4 is 40.1 Å². The van der Waals surface area contributed by atoms with E-state index in [-0.39, 0.29) is 27.4 Å². The van der Waals surface area contributed by atoms with Crippen LogP contribution in [-0.2, 0) is 4.79 Å². The highest BCUT2D eigenvalue weighted by Gasteiger charge is 2.33. The lowest BCUT2D eigenvalue weighted by Gasteiger charge is -2.20. The summed E-state index contributed by atoms with van der Waals surface area (Å²) in [5.74, 6) is -0.490. The molecule has 1 aliphatic rings. The number of hydrogen-bond acceptors (Lipinski definition) is 4. The van der Waals surface area contributed by atoms with Crippen LogP contribution in [0.2, 0.25) is 5.02 Å². The molecule has 9 heteroatoms. The second-order valence-corrected chi connectivity index (χ2v) is 5.24. The van der Waals surface area contributed by atoms with E-state index in [1.807, 2.05) is 0 Å².